The lowest BCUT2D eigenvalue weighted by Gasteiger charge is -2.28. The number of alkyl halides is 2. The normalized spacial score (nSPS) is 15.1. The highest BCUT2D eigenvalue weighted by Crippen LogP contribution is 2.23. The molecular weight excluding hydrogens is 440 g/mol. The van der Waals surface area contributed by atoms with Crippen LogP contribution in [0.4, 0.5) is 13.6 Å². The first-order chi connectivity index (χ1) is 14.7. The van der Waals surface area contributed by atoms with Crippen molar-refractivity contribution in [1.29, 1.82) is 5.26 Å². The molecule has 0 bridgehead atoms. The van der Waals surface area contributed by atoms with E-state index in [-0.39, 0.29) is 37.6 Å². The number of morpholine rings is 1. The molecular formula is C18H21F2N3O7S. The largest absolute Gasteiger partial charge is 0.435 e. The number of rotatable bonds is 9. The summed E-state index contributed by atoms with van der Waals surface area (Å²) >= 11 is 0. The molecule has 0 aliphatic carbocycles. The monoisotopic (exact) mass is 461 g/mol. The predicted octanol–water partition coefficient (Wildman–Crippen LogP) is 0.680. The number of nitrogens with zero attached hydrogens (tertiary/aromatic N) is 2. The molecule has 0 radical (unpaired) electrons. The molecule has 1 atom stereocenters. The minimum Gasteiger partial charge on any atom is -0.435 e. The summed E-state index contributed by atoms with van der Waals surface area (Å²) in [6.07, 6.45) is -2.64. The van der Waals surface area contributed by atoms with Gasteiger partial charge in [0.15, 0.2) is 15.9 Å². The van der Waals surface area contributed by atoms with Crippen molar-refractivity contribution in [3.63, 3.8) is 0 Å². The van der Waals surface area contributed by atoms with Crippen LogP contribution in [0.25, 0.3) is 0 Å². The van der Waals surface area contributed by atoms with Crippen LogP contribution in [0.1, 0.15) is 5.56 Å². The zero-order valence-electron chi connectivity index (χ0n) is 16.3. The standard InChI is InChI=1S/C18H21F2N3O7S/c19-17(20)29-14-4-2-1-3-13(14)11-31(26,27)12-15(16(24)22-6-5-21)30-18(25)23-7-9-28-10-8-23/h1-4,15,17H,6-12H2,(H,22,24)/t15-/m0/s1. The number of hydrogen-bond donors (Lipinski definition) is 1. The van der Waals surface area contributed by atoms with Crippen molar-refractivity contribution >= 4 is 21.8 Å². The molecule has 1 aromatic rings. The second-order valence-electron chi connectivity index (χ2n) is 6.39. The summed E-state index contributed by atoms with van der Waals surface area (Å²) in [5.41, 5.74) is -0.0431. The number of nitriles is 1. The minimum atomic E-state index is -4.13. The summed E-state index contributed by atoms with van der Waals surface area (Å²) in [6.45, 7) is -2.63. The van der Waals surface area contributed by atoms with Gasteiger partial charge in [-0.15, -0.1) is 0 Å². The number of benzene rings is 1. The molecule has 10 nitrogen and oxygen atoms in total. The number of carbonyl (C=O) groups excluding carboxylic acids is 2. The summed E-state index contributed by atoms with van der Waals surface area (Å²) in [4.78, 5) is 25.9. The second kappa shape index (κ2) is 11.4. The van der Waals surface area contributed by atoms with Crippen molar-refractivity contribution in [1.82, 2.24) is 10.2 Å². The van der Waals surface area contributed by atoms with E-state index in [1.165, 1.54) is 29.2 Å². The van der Waals surface area contributed by atoms with E-state index >= 15 is 0 Å². The Morgan fingerprint density at radius 2 is 1.94 bits per heavy atom. The van der Waals surface area contributed by atoms with Crippen LogP contribution in [-0.4, -0.2) is 76.6 Å². The summed E-state index contributed by atoms with van der Waals surface area (Å²) < 4.78 is 65.0. The fourth-order valence-electron chi connectivity index (χ4n) is 2.71. The highest BCUT2D eigenvalue weighted by molar-refractivity contribution is 7.90. The lowest BCUT2D eigenvalue weighted by atomic mass is 10.2. The fourth-order valence-corrected chi connectivity index (χ4v) is 4.22. The first kappa shape index (κ1) is 24.3. The van der Waals surface area contributed by atoms with E-state index < -0.39 is 52.6 Å². The third kappa shape index (κ3) is 7.99. The van der Waals surface area contributed by atoms with Gasteiger partial charge in [-0.05, 0) is 6.07 Å². The molecule has 31 heavy (non-hydrogen) atoms. The van der Waals surface area contributed by atoms with Gasteiger partial charge >= 0.3 is 12.7 Å². The van der Waals surface area contributed by atoms with Gasteiger partial charge in [-0.3, -0.25) is 4.79 Å². The molecule has 2 rings (SSSR count). The summed E-state index contributed by atoms with van der Waals surface area (Å²) in [6, 6.07) is 6.98. The van der Waals surface area contributed by atoms with Crippen LogP contribution in [0.3, 0.4) is 0 Å². The summed E-state index contributed by atoms with van der Waals surface area (Å²) in [5.74, 6) is -2.93. The Labute approximate surface area is 177 Å². The van der Waals surface area contributed by atoms with Crippen molar-refractivity contribution in [3.8, 4) is 11.8 Å². The Morgan fingerprint density at radius 1 is 1.26 bits per heavy atom. The van der Waals surface area contributed by atoms with E-state index in [1.807, 2.05) is 0 Å². The number of sulfone groups is 1. The summed E-state index contributed by atoms with van der Waals surface area (Å²) in [5, 5.41) is 10.8. The van der Waals surface area contributed by atoms with E-state index in [0.29, 0.717) is 0 Å². The number of ether oxygens (including phenoxy) is 3. The Hall–Kier alpha value is -2.98. The van der Waals surface area contributed by atoms with Gasteiger partial charge in [0.25, 0.3) is 5.91 Å². The molecule has 0 unspecified atom stereocenters. The van der Waals surface area contributed by atoms with Crippen LogP contribution in [0.15, 0.2) is 24.3 Å². The smallest absolute Gasteiger partial charge is 0.410 e. The molecule has 1 heterocycles. The second-order valence-corrected chi connectivity index (χ2v) is 8.50. The maximum absolute atomic E-state index is 12.7. The van der Waals surface area contributed by atoms with Gasteiger partial charge in [0, 0.05) is 18.7 Å². The average molecular weight is 461 g/mol. The first-order valence-corrected chi connectivity index (χ1v) is 10.9. The van der Waals surface area contributed by atoms with Crippen molar-refractivity contribution in [2.75, 3.05) is 38.6 Å². The van der Waals surface area contributed by atoms with Gasteiger partial charge in [0.1, 0.15) is 12.3 Å². The van der Waals surface area contributed by atoms with Gasteiger partial charge in [-0.25, -0.2) is 13.2 Å². The van der Waals surface area contributed by atoms with Crippen molar-refractivity contribution in [2.24, 2.45) is 0 Å². The number of nitrogens with one attached hydrogen (secondary N) is 1. The zero-order valence-corrected chi connectivity index (χ0v) is 17.1. The van der Waals surface area contributed by atoms with Crippen molar-refractivity contribution in [2.45, 2.75) is 18.5 Å². The predicted molar refractivity (Wildman–Crippen MR) is 102 cm³/mol. The van der Waals surface area contributed by atoms with Gasteiger partial charge < -0.3 is 24.4 Å². The Balaban J connectivity index is 2.15. The number of carbonyl (C=O) groups is 2. The molecule has 1 aromatic carbocycles. The van der Waals surface area contributed by atoms with Crippen LogP contribution >= 0.6 is 0 Å². The molecule has 0 aromatic heterocycles. The van der Waals surface area contributed by atoms with Crippen molar-refractivity contribution < 1.29 is 41.0 Å². The van der Waals surface area contributed by atoms with Crippen LogP contribution in [-0.2, 0) is 29.9 Å². The van der Waals surface area contributed by atoms with E-state index in [0.717, 1.165) is 0 Å². The number of hydrogen-bond acceptors (Lipinski definition) is 8. The van der Waals surface area contributed by atoms with Gasteiger partial charge in [0.2, 0.25) is 0 Å². The molecule has 0 spiro atoms. The van der Waals surface area contributed by atoms with Crippen molar-refractivity contribution in [3.05, 3.63) is 29.8 Å². The molecule has 13 heteroatoms. The van der Waals surface area contributed by atoms with Gasteiger partial charge in [-0.2, -0.15) is 14.0 Å². The quantitative estimate of drug-likeness (QED) is 0.531. The minimum absolute atomic E-state index is 0.0431. The van der Waals surface area contributed by atoms with Crippen LogP contribution in [0.2, 0.25) is 0 Å². The highest BCUT2D eigenvalue weighted by atomic mass is 32.2. The van der Waals surface area contributed by atoms with E-state index in [1.54, 1.807) is 6.07 Å². The Kier molecular flexibility index (Phi) is 8.95. The molecule has 1 saturated heterocycles. The number of halogens is 2. The van der Waals surface area contributed by atoms with E-state index in [2.05, 4.69) is 10.1 Å². The van der Waals surface area contributed by atoms with E-state index in [9.17, 15) is 26.8 Å². The Bertz CT molecular complexity index is 915. The first-order valence-electron chi connectivity index (χ1n) is 9.13. The van der Waals surface area contributed by atoms with Gasteiger partial charge in [0.05, 0.1) is 30.8 Å². The SMILES string of the molecule is N#CCNC(=O)[C@H](CS(=O)(=O)Cc1ccccc1OC(F)F)OC(=O)N1CCOCC1. The lowest BCUT2D eigenvalue weighted by molar-refractivity contribution is -0.129. The molecule has 1 aliphatic heterocycles. The molecule has 0 saturated carbocycles. The third-order valence-electron chi connectivity index (χ3n) is 4.12. The topological polar surface area (TPSA) is 135 Å². The maximum Gasteiger partial charge on any atom is 0.410 e. The van der Waals surface area contributed by atoms with Crippen LogP contribution < -0.4 is 10.1 Å². The lowest BCUT2D eigenvalue weighted by Crippen LogP contribution is -2.47. The maximum atomic E-state index is 12.7. The summed E-state index contributed by atoms with van der Waals surface area (Å²) in [7, 11) is -4.13. The molecule has 1 fully saturated rings. The molecule has 1 aliphatic rings. The average Bonchev–Trinajstić information content (AvgIpc) is 2.72. The zero-order chi connectivity index (χ0) is 22.9. The molecule has 1 N–H and O–H groups in total. The van der Waals surface area contributed by atoms with E-state index in [4.69, 9.17) is 14.7 Å². The molecule has 170 valence electrons. The Morgan fingerprint density at radius 3 is 2.58 bits per heavy atom. The molecule has 2 amide bonds. The third-order valence-corrected chi connectivity index (χ3v) is 5.68. The highest BCUT2D eigenvalue weighted by Gasteiger charge is 2.32. The fraction of sp³-hybridized carbons (Fsp3) is 0.500. The van der Waals surface area contributed by atoms with Gasteiger partial charge in [-0.1, -0.05) is 18.2 Å². The van der Waals surface area contributed by atoms with Crippen LogP contribution in [0, 0.1) is 11.3 Å². The number of amides is 2. The van der Waals surface area contributed by atoms with Crippen LogP contribution in [0.5, 0.6) is 5.75 Å². The number of para-hydroxylation sites is 1.